The van der Waals surface area contributed by atoms with Gasteiger partial charge < -0.3 is 10.0 Å². The van der Waals surface area contributed by atoms with Crippen molar-refractivity contribution < 1.29 is 9.90 Å². The summed E-state index contributed by atoms with van der Waals surface area (Å²) in [5.74, 6) is -0.0572. The van der Waals surface area contributed by atoms with Crippen LogP contribution in [0.4, 0.5) is 0 Å². The van der Waals surface area contributed by atoms with Crippen LogP contribution < -0.4 is 0 Å². The fourth-order valence-corrected chi connectivity index (χ4v) is 2.31. The van der Waals surface area contributed by atoms with Gasteiger partial charge in [-0.3, -0.25) is 4.79 Å². The van der Waals surface area contributed by atoms with E-state index in [1.807, 2.05) is 6.07 Å². The number of aliphatic hydroxyl groups is 1. The van der Waals surface area contributed by atoms with Crippen molar-refractivity contribution in [2.75, 3.05) is 13.2 Å². The molecule has 2 rings (SSSR count). The van der Waals surface area contributed by atoms with E-state index in [1.54, 1.807) is 29.2 Å². The van der Waals surface area contributed by atoms with Gasteiger partial charge >= 0.3 is 0 Å². The number of carbonyl (C=O) groups excluding carboxylic acids is 1. The fourth-order valence-electron chi connectivity index (χ4n) is 2.31. The molecule has 1 fully saturated rings. The van der Waals surface area contributed by atoms with Gasteiger partial charge in [-0.15, -0.1) is 0 Å². The quantitative estimate of drug-likeness (QED) is 0.858. The molecule has 4 nitrogen and oxygen atoms in total. The molecule has 4 heteroatoms. The molecule has 1 aromatic rings. The van der Waals surface area contributed by atoms with E-state index in [0.717, 1.165) is 19.3 Å². The van der Waals surface area contributed by atoms with Gasteiger partial charge in [-0.1, -0.05) is 0 Å². The molecule has 1 saturated heterocycles. The average Bonchev–Trinajstić information content (AvgIpc) is 2.46. The molecule has 0 aromatic heterocycles. The Hall–Kier alpha value is -1.86. The van der Waals surface area contributed by atoms with E-state index in [9.17, 15) is 9.90 Å². The minimum Gasteiger partial charge on any atom is -0.394 e. The summed E-state index contributed by atoms with van der Waals surface area (Å²) in [5, 5.41) is 18.0. The Labute approximate surface area is 106 Å². The highest BCUT2D eigenvalue weighted by atomic mass is 16.3. The second-order valence-corrected chi connectivity index (χ2v) is 4.52. The van der Waals surface area contributed by atoms with E-state index in [2.05, 4.69) is 0 Å². The zero-order valence-electron chi connectivity index (χ0n) is 10.2. The van der Waals surface area contributed by atoms with Gasteiger partial charge in [-0.25, -0.2) is 0 Å². The van der Waals surface area contributed by atoms with E-state index in [0.29, 0.717) is 17.7 Å². The maximum absolute atomic E-state index is 12.3. The van der Waals surface area contributed by atoms with Gasteiger partial charge in [-0.2, -0.15) is 5.26 Å². The zero-order chi connectivity index (χ0) is 13.0. The lowest BCUT2D eigenvalue weighted by molar-refractivity contribution is 0.0503. The van der Waals surface area contributed by atoms with Gasteiger partial charge in [0.15, 0.2) is 0 Å². The first-order valence-electron chi connectivity index (χ1n) is 6.18. The van der Waals surface area contributed by atoms with Crippen LogP contribution in [0.5, 0.6) is 0 Å². The smallest absolute Gasteiger partial charge is 0.254 e. The van der Waals surface area contributed by atoms with Crippen LogP contribution in [0, 0.1) is 11.3 Å². The molecule has 1 heterocycles. The maximum atomic E-state index is 12.3. The molecule has 0 spiro atoms. The standard InChI is InChI=1S/C14H16N2O2/c15-9-11-4-6-12(7-5-11)14(18)16-8-2-1-3-13(16)10-17/h4-7,13,17H,1-3,8,10H2/t13-/m0/s1. The van der Waals surface area contributed by atoms with E-state index >= 15 is 0 Å². The number of likely N-dealkylation sites (tertiary alicyclic amines) is 1. The molecule has 0 radical (unpaired) electrons. The number of carbonyl (C=O) groups is 1. The minimum absolute atomic E-state index is 0.0159. The topological polar surface area (TPSA) is 64.3 Å². The van der Waals surface area contributed by atoms with Crippen LogP contribution in [0.25, 0.3) is 0 Å². The van der Waals surface area contributed by atoms with Crippen molar-refractivity contribution in [1.82, 2.24) is 4.90 Å². The molecule has 0 bridgehead atoms. The normalized spacial score (nSPS) is 19.3. The number of benzene rings is 1. The lowest BCUT2D eigenvalue weighted by Gasteiger charge is -2.34. The SMILES string of the molecule is N#Cc1ccc(C(=O)N2CCCC[C@H]2CO)cc1. The van der Waals surface area contributed by atoms with Crippen LogP contribution in [-0.4, -0.2) is 35.1 Å². The Balaban J connectivity index is 2.16. The molecule has 1 N–H and O–H groups in total. The third-order valence-corrected chi connectivity index (χ3v) is 3.36. The highest BCUT2D eigenvalue weighted by Crippen LogP contribution is 2.19. The monoisotopic (exact) mass is 244 g/mol. The number of nitriles is 1. The second kappa shape index (κ2) is 5.65. The number of piperidine rings is 1. The van der Waals surface area contributed by atoms with Gasteiger partial charge in [0.1, 0.15) is 0 Å². The highest BCUT2D eigenvalue weighted by molar-refractivity contribution is 5.94. The van der Waals surface area contributed by atoms with Crippen molar-refractivity contribution in [2.24, 2.45) is 0 Å². The van der Waals surface area contributed by atoms with Crippen molar-refractivity contribution in [3.63, 3.8) is 0 Å². The van der Waals surface area contributed by atoms with E-state index < -0.39 is 0 Å². The van der Waals surface area contributed by atoms with Crippen molar-refractivity contribution in [3.8, 4) is 6.07 Å². The summed E-state index contributed by atoms with van der Waals surface area (Å²) in [6.07, 6.45) is 2.90. The third-order valence-electron chi connectivity index (χ3n) is 3.36. The first kappa shape index (κ1) is 12.6. The predicted octanol–water partition coefficient (Wildman–Crippen LogP) is 1.55. The highest BCUT2D eigenvalue weighted by Gasteiger charge is 2.26. The molecule has 94 valence electrons. The number of rotatable bonds is 2. The molecular formula is C14H16N2O2. The largest absolute Gasteiger partial charge is 0.394 e. The van der Waals surface area contributed by atoms with E-state index in [1.165, 1.54) is 0 Å². The molecule has 1 amide bonds. The van der Waals surface area contributed by atoms with Crippen LogP contribution in [0.3, 0.4) is 0 Å². The van der Waals surface area contributed by atoms with Gasteiger partial charge in [0, 0.05) is 12.1 Å². The van der Waals surface area contributed by atoms with Crippen LogP contribution in [0.15, 0.2) is 24.3 Å². The summed E-state index contributed by atoms with van der Waals surface area (Å²) in [7, 11) is 0. The molecule has 1 aromatic carbocycles. The summed E-state index contributed by atoms with van der Waals surface area (Å²) in [5.41, 5.74) is 1.12. The number of hydrogen-bond donors (Lipinski definition) is 1. The summed E-state index contributed by atoms with van der Waals surface area (Å²) >= 11 is 0. The van der Waals surface area contributed by atoms with Crippen molar-refractivity contribution in [3.05, 3.63) is 35.4 Å². The Bertz CT molecular complexity index is 462. The summed E-state index contributed by atoms with van der Waals surface area (Å²) in [6.45, 7) is 0.714. The molecule has 1 aliphatic rings. The maximum Gasteiger partial charge on any atom is 0.254 e. The third kappa shape index (κ3) is 2.52. The molecular weight excluding hydrogens is 228 g/mol. The van der Waals surface area contributed by atoms with Gasteiger partial charge in [0.05, 0.1) is 24.3 Å². The molecule has 18 heavy (non-hydrogen) atoms. The lowest BCUT2D eigenvalue weighted by Crippen LogP contribution is -2.45. The zero-order valence-corrected chi connectivity index (χ0v) is 10.2. The van der Waals surface area contributed by atoms with Crippen LogP contribution >= 0.6 is 0 Å². The molecule has 0 aliphatic carbocycles. The molecule has 0 saturated carbocycles. The summed E-state index contributed by atoms with van der Waals surface area (Å²) in [4.78, 5) is 14.0. The number of hydrogen-bond acceptors (Lipinski definition) is 3. The van der Waals surface area contributed by atoms with Gasteiger partial charge in [-0.05, 0) is 43.5 Å². The Morgan fingerprint density at radius 2 is 2.11 bits per heavy atom. The van der Waals surface area contributed by atoms with E-state index in [-0.39, 0.29) is 18.6 Å². The fraction of sp³-hybridized carbons (Fsp3) is 0.429. The molecule has 1 aliphatic heterocycles. The Morgan fingerprint density at radius 3 is 2.72 bits per heavy atom. The lowest BCUT2D eigenvalue weighted by atomic mass is 10.0. The number of aliphatic hydroxyl groups excluding tert-OH is 1. The van der Waals surface area contributed by atoms with Crippen molar-refractivity contribution >= 4 is 5.91 Å². The molecule has 0 unspecified atom stereocenters. The summed E-state index contributed by atoms with van der Waals surface area (Å²) in [6, 6.07) is 8.59. The number of nitrogens with zero attached hydrogens (tertiary/aromatic N) is 2. The predicted molar refractivity (Wildman–Crippen MR) is 66.9 cm³/mol. The first-order valence-corrected chi connectivity index (χ1v) is 6.18. The van der Waals surface area contributed by atoms with Crippen LogP contribution in [-0.2, 0) is 0 Å². The van der Waals surface area contributed by atoms with Crippen LogP contribution in [0.2, 0.25) is 0 Å². The molecule has 1 atom stereocenters. The average molecular weight is 244 g/mol. The van der Waals surface area contributed by atoms with Gasteiger partial charge in [0.2, 0.25) is 0 Å². The van der Waals surface area contributed by atoms with Gasteiger partial charge in [0.25, 0.3) is 5.91 Å². The van der Waals surface area contributed by atoms with E-state index in [4.69, 9.17) is 5.26 Å². The van der Waals surface area contributed by atoms with Crippen molar-refractivity contribution in [2.45, 2.75) is 25.3 Å². The summed E-state index contributed by atoms with van der Waals surface area (Å²) < 4.78 is 0. The Kier molecular flexibility index (Phi) is 3.96. The minimum atomic E-state index is -0.0677. The van der Waals surface area contributed by atoms with Crippen molar-refractivity contribution in [1.29, 1.82) is 5.26 Å². The van der Waals surface area contributed by atoms with Crippen LogP contribution in [0.1, 0.15) is 35.2 Å². The first-order chi connectivity index (χ1) is 8.76. The number of amides is 1. The Morgan fingerprint density at radius 1 is 1.39 bits per heavy atom. The second-order valence-electron chi connectivity index (χ2n) is 4.52.